The summed E-state index contributed by atoms with van der Waals surface area (Å²) in [6.45, 7) is 6.19. The molecule has 20 heavy (non-hydrogen) atoms. The zero-order chi connectivity index (χ0) is 14.2. The maximum Gasteiger partial charge on any atom is 0.0314 e. The molecule has 0 spiro atoms. The fourth-order valence-electron chi connectivity index (χ4n) is 3.34. The largest absolute Gasteiger partial charge is 0.399 e. The third kappa shape index (κ3) is 5.16. The Morgan fingerprint density at radius 1 is 1.15 bits per heavy atom. The van der Waals surface area contributed by atoms with Crippen LogP contribution in [0.3, 0.4) is 0 Å². The minimum atomic E-state index is 0.864. The van der Waals surface area contributed by atoms with Crippen LogP contribution in [0.2, 0.25) is 0 Å². The van der Waals surface area contributed by atoms with Gasteiger partial charge in [-0.25, -0.2) is 0 Å². The van der Waals surface area contributed by atoms with Crippen molar-refractivity contribution in [3.8, 4) is 0 Å². The van der Waals surface area contributed by atoms with Crippen molar-refractivity contribution in [2.45, 2.75) is 51.9 Å². The Morgan fingerprint density at radius 2 is 1.95 bits per heavy atom. The molecule has 1 aromatic rings. The van der Waals surface area contributed by atoms with Crippen molar-refractivity contribution in [3.05, 3.63) is 29.8 Å². The normalized spacial score (nSPS) is 20.8. The third-order valence-corrected chi connectivity index (χ3v) is 4.56. The molecule has 1 aromatic carbocycles. The maximum atomic E-state index is 5.72. The quantitative estimate of drug-likeness (QED) is 0.791. The molecule has 0 radical (unpaired) electrons. The maximum absolute atomic E-state index is 5.72. The number of rotatable bonds is 6. The van der Waals surface area contributed by atoms with Gasteiger partial charge in [0, 0.05) is 5.69 Å². The molecule has 2 N–H and O–H groups in total. The Balaban J connectivity index is 1.67. The molecule has 1 fully saturated rings. The molecule has 0 aromatic heterocycles. The number of likely N-dealkylation sites (tertiary alicyclic amines) is 1. The third-order valence-electron chi connectivity index (χ3n) is 4.56. The summed E-state index contributed by atoms with van der Waals surface area (Å²) in [5, 5.41) is 0. The minimum Gasteiger partial charge on any atom is -0.399 e. The van der Waals surface area contributed by atoms with E-state index >= 15 is 0 Å². The highest BCUT2D eigenvalue weighted by Crippen LogP contribution is 2.22. The molecule has 1 aliphatic heterocycles. The van der Waals surface area contributed by atoms with Crippen molar-refractivity contribution in [3.63, 3.8) is 0 Å². The first-order valence-corrected chi connectivity index (χ1v) is 8.34. The van der Waals surface area contributed by atoms with E-state index in [0.29, 0.717) is 0 Å². The highest BCUT2D eigenvalue weighted by atomic mass is 15.1. The van der Waals surface area contributed by atoms with Gasteiger partial charge in [0.05, 0.1) is 0 Å². The van der Waals surface area contributed by atoms with Crippen molar-refractivity contribution in [2.24, 2.45) is 5.92 Å². The van der Waals surface area contributed by atoms with Crippen LogP contribution in [0.4, 0.5) is 5.69 Å². The summed E-state index contributed by atoms with van der Waals surface area (Å²) in [5.41, 5.74) is 8.00. The second-order valence-corrected chi connectivity index (χ2v) is 6.27. The van der Waals surface area contributed by atoms with Crippen LogP contribution >= 0.6 is 0 Å². The molecule has 0 bridgehead atoms. The molecule has 0 amide bonds. The lowest BCUT2D eigenvalue weighted by atomic mass is 9.96. The van der Waals surface area contributed by atoms with Crippen LogP contribution in [-0.4, -0.2) is 24.5 Å². The van der Waals surface area contributed by atoms with Gasteiger partial charge in [-0.1, -0.05) is 31.9 Å². The molecular weight excluding hydrogens is 244 g/mol. The van der Waals surface area contributed by atoms with E-state index in [1.54, 1.807) is 0 Å². The Kier molecular flexibility index (Phi) is 6.38. The zero-order valence-corrected chi connectivity index (χ0v) is 13.0. The van der Waals surface area contributed by atoms with Gasteiger partial charge in [0.2, 0.25) is 0 Å². The predicted molar refractivity (Wildman–Crippen MR) is 87.9 cm³/mol. The van der Waals surface area contributed by atoms with Crippen molar-refractivity contribution in [2.75, 3.05) is 25.4 Å². The summed E-state index contributed by atoms with van der Waals surface area (Å²) in [5.74, 6) is 0.988. The number of nitrogens with zero attached hydrogens (tertiary/aromatic N) is 1. The monoisotopic (exact) mass is 274 g/mol. The number of nitrogen functional groups attached to an aromatic ring is 1. The molecule has 0 aliphatic carbocycles. The van der Waals surface area contributed by atoms with E-state index in [1.807, 2.05) is 12.1 Å². The molecule has 1 aliphatic rings. The lowest BCUT2D eigenvalue weighted by Crippen LogP contribution is -2.26. The van der Waals surface area contributed by atoms with E-state index in [2.05, 4.69) is 24.0 Å². The zero-order valence-electron chi connectivity index (χ0n) is 13.0. The minimum absolute atomic E-state index is 0.864. The van der Waals surface area contributed by atoms with Gasteiger partial charge in [-0.15, -0.1) is 0 Å². The summed E-state index contributed by atoms with van der Waals surface area (Å²) >= 11 is 0. The van der Waals surface area contributed by atoms with Gasteiger partial charge in [-0.3, -0.25) is 0 Å². The van der Waals surface area contributed by atoms with Crippen molar-refractivity contribution in [1.29, 1.82) is 0 Å². The van der Waals surface area contributed by atoms with E-state index in [9.17, 15) is 0 Å². The van der Waals surface area contributed by atoms with Crippen molar-refractivity contribution < 1.29 is 0 Å². The van der Waals surface area contributed by atoms with Crippen LogP contribution in [0.5, 0.6) is 0 Å². The Hall–Kier alpha value is -1.02. The van der Waals surface area contributed by atoms with Gasteiger partial charge in [0.1, 0.15) is 0 Å². The molecule has 1 unspecified atom stereocenters. The van der Waals surface area contributed by atoms with Crippen LogP contribution in [0, 0.1) is 5.92 Å². The second kappa shape index (κ2) is 8.31. The van der Waals surface area contributed by atoms with E-state index < -0.39 is 0 Å². The first-order chi connectivity index (χ1) is 9.78. The van der Waals surface area contributed by atoms with E-state index in [1.165, 1.54) is 70.1 Å². The van der Waals surface area contributed by atoms with E-state index in [0.717, 1.165) is 11.6 Å². The summed E-state index contributed by atoms with van der Waals surface area (Å²) in [4.78, 5) is 2.67. The second-order valence-electron chi connectivity index (χ2n) is 6.27. The smallest absolute Gasteiger partial charge is 0.0314 e. The van der Waals surface area contributed by atoms with Crippen LogP contribution in [0.1, 0.15) is 51.0 Å². The highest BCUT2D eigenvalue weighted by Gasteiger charge is 2.15. The van der Waals surface area contributed by atoms with Crippen molar-refractivity contribution >= 4 is 5.69 Å². The van der Waals surface area contributed by atoms with E-state index in [-0.39, 0.29) is 0 Å². The number of hydrogen-bond acceptors (Lipinski definition) is 2. The Labute approximate surface area is 124 Å². The molecule has 112 valence electrons. The number of hydrogen-bond donors (Lipinski definition) is 1. The lowest BCUT2D eigenvalue weighted by molar-refractivity contribution is 0.276. The summed E-state index contributed by atoms with van der Waals surface area (Å²) < 4.78 is 0. The fraction of sp³-hybridized carbons (Fsp3) is 0.667. The van der Waals surface area contributed by atoms with E-state index in [4.69, 9.17) is 5.73 Å². The van der Waals surface area contributed by atoms with Gasteiger partial charge in [-0.2, -0.15) is 0 Å². The van der Waals surface area contributed by atoms with Crippen LogP contribution in [-0.2, 0) is 6.42 Å². The molecule has 2 heteroatoms. The first kappa shape index (κ1) is 15.4. The molecule has 1 atom stereocenters. The number of anilines is 1. The predicted octanol–water partition coefficient (Wildman–Crippen LogP) is 4.10. The first-order valence-electron chi connectivity index (χ1n) is 8.34. The highest BCUT2D eigenvalue weighted by molar-refractivity contribution is 5.39. The van der Waals surface area contributed by atoms with Gasteiger partial charge in [0.25, 0.3) is 0 Å². The average molecular weight is 274 g/mol. The topological polar surface area (TPSA) is 29.3 Å². The van der Waals surface area contributed by atoms with Gasteiger partial charge >= 0.3 is 0 Å². The lowest BCUT2D eigenvalue weighted by Gasteiger charge is -2.20. The molecule has 0 saturated carbocycles. The molecule has 2 rings (SSSR count). The van der Waals surface area contributed by atoms with Crippen LogP contribution in [0.25, 0.3) is 0 Å². The van der Waals surface area contributed by atoms with Crippen LogP contribution in [0.15, 0.2) is 24.3 Å². The Bertz CT molecular complexity index is 372. The molecule has 2 nitrogen and oxygen atoms in total. The molecule has 1 heterocycles. The van der Waals surface area contributed by atoms with Gasteiger partial charge in [-0.05, 0) is 75.4 Å². The standard InChI is InChI=1S/C18H30N2/c1-2-5-16-6-3-13-20(15-12-16)14-4-7-17-8-10-18(19)11-9-17/h8-11,16H,2-7,12-15,19H2,1H3. The summed E-state index contributed by atoms with van der Waals surface area (Å²) in [6, 6.07) is 8.34. The van der Waals surface area contributed by atoms with Crippen molar-refractivity contribution in [1.82, 2.24) is 4.90 Å². The fourth-order valence-corrected chi connectivity index (χ4v) is 3.34. The summed E-state index contributed by atoms with van der Waals surface area (Å²) in [7, 11) is 0. The Morgan fingerprint density at radius 3 is 2.70 bits per heavy atom. The number of benzene rings is 1. The van der Waals surface area contributed by atoms with Gasteiger partial charge < -0.3 is 10.6 Å². The average Bonchev–Trinajstić information content (AvgIpc) is 2.67. The molecular formula is C18H30N2. The molecule has 1 saturated heterocycles. The summed E-state index contributed by atoms with van der Waals surface area (Å²) in [6.07, 6.45) is 9.48. The SMILES string of the molecule is CCCC1CCCN(CCCc2ccc(N)cc2)CC1. The number of nitrogens with two attached hydrogens (primary N) is 1. The van der Waals surface area contributed by atoms with Gasteiger partial charge in [0.15, 0.2) is 0 Å². The number of aryl methyl sites for hydroxylation is 1. The van der Waals surface area contributed by atoms with Crippen LogP contribution < -0.4 is 5.73 Å².